The molecule has 0 saturated carbocycles. The Morgan fingerprint density at radius 3 is 2.31 bits per heavy atom. The van der Waals surface area contributed by atoms with Crippen LogP contribution in [0.15, 0.2) is 5.10 Å². The predicted molar refractivity (Wildman–Crippen MR) is 61.6 cm³/mol. The highest BCUT2D eigenvalue weighted by atomic mass is 32.2. The number of nitrogens with zero attached hydrogens (tertiary/aromatic N) is 2. The van der Waals surface area contributed by atoms with E-state index in [-0.39, 0.29) is 17.1 Å². The lowest BCUT2D eigenvalue weighted by Gasteiger charge is -2.38. The zero-order chi connectivity index (χ0) is 12.6. The van der Waals surface area contributed by atoms with Crippen molar-refractivity contribution in [3.63, 3.8) is 0 Å². The van der Waals surface area contributed by atoms with Crippen LogP contribution < -0.4 is 0 Å². The summed E-state index contributed by atoms with van der Waals surface area (Å²) in [6.07, 6.45) is -3.85. The van der Waals surface area contributed by atoms with Crippen molar-refractivity contribution in [3.05, 3.63) is 0 Å². The molecule has 0 aromatic carbocycles. The van der Waals surface area contributed by atoms with Gasteiger partial charge in [-0.25, -0.2) is 0 Å². The zero-order valence-electron chi connectivity index (χ0n) is 9.93. The second kappa shape index (κ2) is 4.47. The predicted octanol–water partition coefficient (Wildman–Crippen LogP) is 3.49. The normalized spacial score (nSPS) is 23.3. The summed E-state index contributed by atoms with van der Waals surface area (Å²) < 4.78 is 38.0. The number of thioether (sulfide) groups is 1. The van der Waals surface area contributed by atoms with Gasteiger partial charge in [-0.3, -0.25) is 5.01 Å². The number of hydrazone groups is 1. The van der Waals surface area contributed by atoms with Gasteiger partial charge in [-0.1, -0.05) is 6.92 Å². The van der Waals surface area contributed by atoms with E-state index < -0.39 is 11.4 Å². The second-order valence-corrected chi connectivity index (χ2v) is 5.80. The third-order valence-electron chi connectivity index (χ3n) is 2.35. The van der Waals surface area contributed by atoms with Crippen LogP contribution in [0.1, 0.15) is 34.1 Å². The fourth-order valence-electron chi connectivity index (χ4n) is 1.36. The lowest BCUT2D eigenvalue weighted by molar-refractivity contribution is -0.117. The minimum atomic E-state index is -4.19. The van der Waals surface area contributed by atoms with Gasteiger partial charge in [-0.2, -0.15) is 18.3 Å². The Labute approximate surface area is 98.3 Å². The summed E-state index contributed by atoms with van der Waals surface area (Å²) in [5.41, 5.74) is -0.0112. The molecule has 0 aromatic rings. The molecule has 0 radical (unpaired) electrons. The molecule has 1 heterocycles. The molecule has 0 bridgehead atoms. The van der Waals surface area contributed by atoms with Crippen LogP contribution in [0.2, 0.25) is 0 Å². The molecule has 0 spiro atoms. The third-order valence-corrected chi connectivity index (χ3v) is 3.62. The van der Waals surface area contributed by atoms with Crippen LogP contribution in [0.3, 0.4) is 0 Å². The van der Waals surface area contributed by atoms with E-state index in [0.717, 1.165) is 11.8 Å². The number of hydrogen-bond donors (Lipinski definition) is 0. The smallest absolute Gasteiger partial charge is 0.282 e. The molecule has 0 saturated heterocycles. The van der Waals surface area contributed by atoms with Crippen LogP contribution in [0.5, 0.6) is 0 Å². The molecule has 0 aliphatic carbocycles. The van der Waals surface area contributed by atoms with E-state index >= 15 is 0 Å². The molecular formula is C10H17F3N2S. The van der Waals surface area contributed by atoms with Crippen LogP contribution in [0.25, 0.3) is 0 Å². The fourth-order valence-corrected chi connectivity index (χ4v) is 2.69. The standard InChI is InChI=1S/C10H17F3N2S/c1-5-7-8(10(11,12)13)16-6-15(14-7)9(2,3)4/h8H,5-6H2,1-4H3. The Kier molecular flexibility index (Phi) is 3.82. The Balaban J connectivity index is 2.92. The van der Waals surface area contributed by atoms with Gasteiger partial charge in [0.05, 0.1) is 17.1 Å². The third kappa shape index (κ3) is 3.06. The van der Waals surface area contributed by atoms with E-state index in [2.05, 4.69) is 5.10 Å². The first-order valence-electron chi connectivity index (χ1n) is 5.19. The summed E-state index contributed by atoms with van der Waals surface area (Å²) in [5.74, 6) is 0.289. The van der Waals surface area contributed by atoms with Gasteiger partial charge in [0, 0.05) is 0 Å². The molecule has 0 N–H and O–H groups in total. The van der Waals surface area contributed by atoms with Crippen molar-refractivity contribution in [2.75, 3.05) is 5.88 Å². The van der Waals surface area contributed by atoms with Gasteiger partial charge >= 0.3 is 6.18 Å². The lowest BCUT2D eigenvalue weighted by atomic mass is 10.1. The number of halogens is 3. The minimum absolute atomic E-state index is 0.221. The van der Waals surface area contributed by atoms with Crippen molar-refractivity contribution in [2.24, 2.45) is 5.10 Å². The topological polar surface area (TPSA) is 15.6 Å². The molecule has 1 unspecified atom stereocenters. The van der Waals surface area contributed by atoms with Crippen molar-refractivity contribution in [1.29, 1.82) is 0 Å². The summed E-state index contributed by atoms with van der Waals surface area (Å²) >= 11 is 0.908. The maximum absolute atomic E-state index is 12.7. The summed E-state index contributed by atoms with van der Waals surface area (Å²) in [4.78, 5) is 0. The molecule has 1 rings (SSSR count). The van der Waals surface area contributed by atoms with E-state index in [9.17, 15) is 13.2 Å². The summed E-state index contributed by atoms with van der Waals surface area (Å²) in [7, 11) is 0. The maximum Gasteiger partial charge on any atom is 0.405 e. The Morgan fingerprint density at radius 2 is 1.94 bits per heavy atom. The largest absolute Gasteiger partial charge is 0.405 e. The van der Waals surface area contributed by atoms with Crippen LogP contribution in [0, 0.1) is 0 Å². The molecule has 0 fully saturated rings. The fraction of sp³-hybridized carbons (Fsp3) is 0.900. The number of alkyl halides is 3. The van der Waals surface area contributed by atoms with Gasteiger partial charge < -0.3 is 0 Å². The summed E-state index contributed by atoms with van der Waals surface area (Å²) in [6.45, 7) is 7.54. The molecule has 0 aromatic heterocycles. The molecule has 1 aliphatic rings. The number of hydrogen-bond acceptors (Lipinski definition) is 3. The molecule has 0 amide bonds. The van der Waals surface area contributed by atoms with Gasteiger partial charge in [-0.15, -0.1) is 11.8 Å². The van der Waals surface area contributed by atoms with Crippen LogP contribution in [0.4, 0.5) is 13.2 Å². The highest BCUT2D eigenvalue weighted by molar-refractivity contribution is 8.00. The van der Waals surface area contributed by atoms with Gasteiger partial charge in [0.25, 0.3) is 0 Å². The van der Waals surface area contributed by atoms with Gasteiger partial charge in [0.2, 0.25) is 0 Å². The number of rotatable bonds is 1. The molecule has 2 nitrogen and oxygen atoms in total. The first kappa shape index (κ1) is 13.7. The maximum atomic E-state index is 12.7. The van der Waals surface area contributed by atoms with Crippen LogP contribution >= 0.6 is 11.8 Å². The quantitative estimate of drug-likeness (QED) is 0.712. The summed E-state index contributed by atoms with van der Waals surface area (Å²) in [6, 6.07) is 0. The van der Waals surface area contributed by atoms with Gasteiger partial charge in [0.15, 0.2) is 0 Å². The monoisotopic (exact) mass is 254 g/mol. The molecule has 94 valence electrons. The highest BCUT2D eigenvalue weighted by Gasteiger charge is 2.45. The Bertz CT molecular complexity index is 281. The van der Waals surface area contributed by atoms with Crippen molar-refractivity contribution in [3.8, 4) is 0 Å². The molecular weight excluding hydrogens is 237 g/mol. The van der Waals surface area contributed by atoms with E-state index in [0.29, 0.717) is 6.42 Å². The average molecular weight is 254 g/mol. The van der Waals surface area contributed by atoms with Crippen molar-refractivity contribution >= 4 is 17.5 Å². The molecule has 6 heteroatoms. The Hall–Kier alpha value is -0.390. The highest BCUT2D eigenvalue weighted by Crippen LogP contribution is 2.37. The molecule has 1 atom stereocenters. The van der Waals surface area contributed by atoms with Gasteiger partial charge in [-0.05, 0) is 27.2 Å². The first-order chi connectivity index (χ1) is 7.16. The SMILES string of the molecule is CCC1=NN(C(C)(C)C)CSC1C(F)(F)F. The minimum Gasteiger partial charge on any atom is -0.282 e. The molecule has 16 heavy (non-hydrogen) atoms. The Morgan fingerprint density at radius 1 is 1.38 bits per heavy atom. The van der Waals surface area contributed by atoms with Crippen LogP contribution in [-0.4, -0.2) is 33.6 Å². The van der Waals surface area contributed by atoms with E-state index in [1.807, 2.05) is 20.8 Å². The van der Waals surface area contributed by atoms with Crippen molar-refractivity contribution in [1.82, 2.24) is 5.01 Å². The average Bonchev–Trinajstić information content (AvgIpc) is 2.14. The van der Waals surface area contributed by atoms with Gasteiger partial charge in [0.1, 0.15) is 5.25 Å². The molecule has 1 aliphatic heterocycles. The van der Waals surface area contributed by atoms with E-state index in [1.165, 1.54) is 0 Å². The van der Waals surface area contributed by atoms with Crippen molar-refractivity contribution in [2.45, 2.75) is 51.1 Å². The van der Waals surface area contributed by atoms with E-state index in [4.69, 9.17) is 0 Å². The summed E-state index contributed by atoms with van der Waals surface area (Å²) in [5, 5.41) is 4.42. The zero-order valence-corrected chi connectivity index (χ0v) is 10.7. The second-order valence-electron chi connectivity index (χ2n) is 4.73. The first-order valence-corrected chi connectivity index (χ1v) is 6.24. The van der Waals surface area contributed by atoms with Crippen molar-refractivity contribution < 1.29 is 13.2 Å². The van der Waals surface area contributed by atoms with E-state index in [1.54, 1.807) is 11.9 Å². The lowest BCUT2D eigenvalue weighted by Crippen LogP contribution is -2.46. The van der Waals surface area contributed by atoms with Crippen LogP contribution in [-0.2, 0) is 0 Å².